The third-order valence-corrected chi connectivity index (χ3v) is 7.19. The first kappa shape index (κ1) is 19.3. The first-order chi connectivity index (χ1) is 14.5. The van der Waals surface area contributed by atoms with E-state index < -0.39 is 0 Å². The van der Waals surface area contributed by atoms with E-state index in [2.05, 4.69) is 27.6 Å². The van der Waals surface area contributed by atoms with E-state index in [1.165, 1.54) is 27.9 Å². The summed E-state index contributed by atoms with van der Waals surface area (Å²) in [5.41, 5.74) is 5.24. The second kappa shape index (κ2) is 7.52. The van der Waals surface area contributed by atoms with Crippen LogP contribution in [-0.2, 0) is 12.8 Å². The molecule has 3 heterocycles. The van der Waals surface area contributed by atoms with Crippen LogP contribution in [-0.4, -0.2) is 20.4 Å². The summed E-state index contributed by atoms with van der Waals surface area (Å²) in [6, 6.07) is 9.81. The van der Waals surface area contributed by atoms with Crippen LogP contribution < -0.4 is 5.56 Å². The van der Waals surface area contributed by atoms with Crippen molar-refractivity contribution in [1.29, 1.82) is 0 Å². The van der Waals surface area contributed by atoms with Gasteiger partial charge >= 0.3 is 0 Å². The fourth-order valence-corrected chi connectivity index (χ4v) is 5.60. The molecule has 0 fully saturated rings. The summed E-state index contributed by atoms with van der Waals surface area (Å²) in [4.78, 5) is 19.7. The number of rotatable bonds is 3. The van der Waals surface area contributed by atoms with Gasteiger partial charge in [-0.25, -0.2) is 4.98 Å². The lowest BCUT2D eigenvalue weighted by Gasteiger charge is -2.10. The Morgan fingerprint density at radius 2 is 1.93 bits per heavy atom. The van der Waals surface area contributed by atoms with Gasteiger partial charge < -0.3 is 4.57 Å². The van der Waals surface area contributed by atoms with Crippen molar-refractivity contribution in [2.75, 3.05) is 0 Å². The second-order valence-electron chi connectivity index (χ2n) is 7.67. The summed E-state index contributed by atoms with van der Waals surface area (Å²) < 4.78 is 3.51. The van der Waals surface area contributed by atoms with Gasteiger partial charge in [-0.1, -0.05) is 11.6 Å². The smallest absolute Gasteiger partial charge is 0.282 e. The highest BCUT2D eigenvalue weighted by Gasteiger charge is 2.20. The standard InChI is InChI=1S/C23H21ClN4OS/c1-14-11-16(15(2)28(14)18-9-7-17(24)8-10-18)12-26-27-13-25-22-21(23(27)29)19-5-3-4-6-20(19)30-22/h7-13H,3-6H2,1-2H3/b26-12-. The van der Waals surface area contributed by atoms with E-state index in [0.29, 0.717) is 5.02 Å². The Bertz CT molecular complexity index is 1340. The van der Waals surface area contributed by atoms with E-state index in [1.807, 2.05) is 31.2 Å². The van der Waals surface area contributed by atoms with Crippen molar-refractivity contribution in [3.63, 3.8) is 0 Å². The number of aromatic nitrogens is 3. The van der Waals surface area contributed by atoms with Crippen molar-refractivity contribution in [3.05, 3.63) is 79.4 Å². The molecule has 0 unspecified atom stereocenters. The minimum atomic E-state index is -0.0813. The third kappa shape index (κ3) is 3.20. The summed E-state index contributed by atoms with van der Waals surface area (Å²) in [6.07, 6.45) is 7.60. The Morgan fingerprint density at radius 1 is 1.17 bits per heavy atom. The SMILES string of the molecule is Cc1cc(/C=N\n2cnc3sc4c(c3c2=O)CCCC4)c(C)n1-c1ccc(Cl)cc1. The van der Waals surface area contributed by atoms with Crippen molar-refractivity contribution < 1.29 is 0 Å². The zero-order valence-corrected chi connectivity index (χ0v) is 18.4. The zero-order chi connectivity index (χ0) is 20.8. The molecule has 5 rings (SSSR count). The Hall–Kier alpha value is -2.70. The Morgan fingerprint density at radius 3 is 2.73 bits per heavy atom. The van der Waals surface area contributed by atoms with Gasteiger partial charge in [-0.05, 0) is 75.4 Å². The van der Waals surface area contributed by atoms with Gasteiger partial charge in [0, 0.05) is 32.5 Å². The van der Waals surface area contributed by atoms with Crippen LogP contribution in [0.5, 0.6) is 0 Å². The molecule has 0 atom stereocenters. The van der Waals surface area contributed by atoms with Crippen molar-refractivity contribution in [1.82, 2.24) is 14.2 Å². The van der Waals surface area contributed by atoms with Gasteiger partial charge in [0.1, 0.15) is 11.2 Å². The minimum Gasteiger partial charge on any atom is -0.318 e. The molecule has 7 heteroatoms. The quantitative estimate of drug-likeness (QED) is 0.410. The molecule has 152 valence electrons. The van der Waals surface area contributed by atoms with E-state index in [0.717, 1.165) is 52.1 Å². The number of thiophene rings is 1. The molecule has 4 aromatic rings. The number of halogens is 1. The van der Waals surface area contributed by atoms with Crippen LogP contribution in [0.4, 0.5) is 0 Å². The van der Waals surface area contributed by atoms with E-state index in [4.69, 9.17) is 11.6 Å². The lowest BCUT2D eigenvalue weighted by molar-refractivity contribution is 0.699. The van der Waals surface area contributed by atoms with Gasteiger partial charge in [-0.15, -0.1) is 11.3 Å². The highest BCUT2D eigenvalue weighted by molar-refractivity contribution is 7.18. The molecule has 30 heavy (non-hydrogen) atoms. The van der Waals surface area contributed by atoms with Crippen LogP contribution in [0.1, 0.15) is 40.2 Å². The third-order valence-electron chi connectivity index (χ3n) is 5.74. The summed E-state index contributed by atoms with van der Waals surface area (Å²) >= 11 is 7.68. The van der Waals surface area contributed by atoms with Crippen LogP contribution in [0.3, 0.4) is 0 Å². The van der Waals surface area contributed by atoms with E-state index >= 15 is 0 Å². The fraction of sp³-hybridized carbons (Fsp3) is 0.261. The number of aryl methyl sites for hydroxylation is 3. The van der Waals surface area contributed by atoms with Crippen LogP contribution in [0, 0.1) is 13.8 Å². The topological polar surface area (TPSA) is 52.2 Å². The van der Waals surface area contributed by atoms with Gasteiger partial charge in [0.2, 0.25) is 0 Å². The molecule has 3 aromatic heterocycles. The predicted molar refractivity (Wildman–Crippen MR) is 124 cm³/mol. The molecule has 5 nitrogen and oxygen atoms in total. The van der Waals surface area contributed by atoms with Crippen LogP contribution in [0.15, 0.2) is 46.6 Å². The highest BCUT2D eigenvalue weighted by Crippen LogP contribution is 2.33. The first-order valence-electron chi connectivity index (χ1n) is 10.0. The fourth-order valence-electron chi connectivity index (χ4n) is 4.25. The molecule has 0 saturated heterocycles. The molecule has 0 aliphatic heterocycles. The lowest BCUT2D eigenvalue weighted by atomic mass is 9.97. The van der Waals surface area contributed by atoms with E-state index in [1.54, 1.807) is 17.6 Å². The van der Waals surface area contributed by atoms with Crippen molar-refractivity contribution in [2.24, 2.45) is 5.10 Å². The normalized spacial score (nSPS) is 14.0. The number of hydrogen-bond acceptors (Lipinski definition) is 4. The van der Waals surface area contributed by atoms with Gasteiger partial charge in [-0.3, -0.25) is 4.79 Å². The van der Waals surface area contributed by atoms with Crippen molar-refractivity contribution in [3.8, 4) is 5.69 Å². The molecule has 0 bridgehead atoms. The van der Waals surface area contributed by atoms with E-state index in [9.17, 15) is 4.79 Å². The number of hydrogen-bond donors (Lipinski definition) is 0. The zero-order valence-electron chi connectivity index (χ0n) is 16.9. The number of fused-ring (bicyclic) bond motifs is 3. The number of benzene rings is 1. The molecule has 0 radical (unpaired) electrons. The molecule has 0 saturated carbocycles. The molecule has 0 spiro atoms. The molecule has 0 amide bonds. The number of nitrogens with zero attached hydrogens (tertiary/aromatic N) is 4. The van der Waals surface area contributed by atoms with Gasteiger partial charge in [-0.2, -0.15) is 9.78 Å². The summed E-state index contributed by atoms with van der Waals surface area (Å²) in [7, 11) is 0. The second-order valence-corrected chi connectivity index (χ2v) is 9.19. The van der Waals surface area contributed by atoms with Crippen molar-refractivity contribution >= 4 is 39.4 Å². The Balaban J connectivity index is 1.54. The Labute approximate surface area is 183 Å². The van der Waals surface area contributed by atoms with Crippen LogP contribution >= 0.6 is 22.9 Å². The van der Waals surface area contributed by atoms with Gasteiger partial charge in [0.15, 0.2) is 0 Å². The molecule has 0 N–H and O–H groups in total. The van der Waals surface area contributed by atoms with Gasteiger partial charge in [0.05, 0.1) is 11.6 Å². The maximum Gasteiger partial charge on any atom is 0.282 e. The monoisotopic (exact) mass is 436 g/mol. The maximum atomic E-state index is 13.1. The molecule has 1 aromatic carbocycles. The Kier molecular flexibility index (Phi) is 4.83. The molecular weight excluding hydrogens is 416 g/mol. The minimum absolute atomic E-state index is 0.0813. The molecule has 1 aliphatic carbocycles. The summed E-state index contributed by atoms with van der Waals surface area (Å²) in [6.45, 7) is 4.10. The first-order valence-corrected chi connectivity index (χ1v) is 11.2. The average molecular weight is 437 g/mol. The van der Waals surface area contributed by atoms with Crippen molar-refractivity contribution in [2.45, 2.75) is 39.5 Å². The molecular formula is C23H21ClN4OS. The average Bonchev–Trinajstić information content (AvgIpc) is 3.25. The van der Waals surface area contributed by atoms with E-state index in [-0.39, 0.29) is 5.56 Å². The summed E-state index contributed by atoms with van der Waals surface area (Å²) in [5, 5.41) is 5.92. The maximum absolute atomic E-state index is 13.1. The summed E-state index contributed by atoms with van der Waals surface area (Å²) in [5.74, 6) is 0. The van der Waals surface area contributed by atoms with Gasteiger partial charge in [0.25, 0.3) is 5.56 Å². The van der Waals surface area contributed by atoms with Crippen LogP contribution in [0.25, 0.3) is 15.9 Å². The molecule has 1 aliphatic rings. The lowest BCUT2D eigenvalue weighted by Crippen LogP contribution is -2.18. The highest BCUT2D eigenvalue weighted by atomic mass is 35.5. The largest absolute Gasteiger partial charge is 0.318 e. The van der Waals surface area contributed by atoms with Crippen LogP contribution in [0.2, 0.25) is 5.02 Å². The predicted octanol–water partition coefficient (Wildman–Crippen LogP) is 5.28.